The minimum Gasteiger partial charge on any atom is -0.394 e. The molecule has 100 valence electrons. The smallest absolute Gasteiger partial charge is 0.0626 e. The third-order valence-electron chi connectivity index (χ3n) is 2.93. The van der Waals surface area contributed by atoms with Crippen LogP contribution in [0.4, 0.5) is 0 Å². The molecular weight excluding hydrogens is 326 g/mol. The number of nitrogens with one attached hydrogen (secondary N) is 1. The lowest BCUT2D eigenvalue weighted by Gasteiger charge is -2.17. The van der Waals surface area contributed by atoms with E-state index in [4.69, 9.17) is 11.6 Å². The van der Waals surface area contributed by atoms with Crippen LogP contribution in [0, 0.1) is 0 Å². The second-order valence-electron chi connectivity index (χ2n) is 4.26. The number of aliphatic hydroxyl groups is 1. The molecule has 19 heavy (non-hydrogen) atoms. The first-order chi connectivity index (χ1) is 9.20. The zero-order valence-corrected chi connectivity index (χ0v) is 12.7. The fourth-order valence-electron chi connectivity index (χ4n) is 1.89. The summed E-state index contributed by atoms with van der Waals surface area (Å²) in [5.74, 6) is 0. The Morgan fingerprint density at radius 3 is 2.58 bits per heavy atom. The molecule has 4 heteroatoms. The van der Waals surface area contributed by atoms with E-state index in [9.17, 15) is 5.11 Å². The van der Waals surface area contributed by atoms with Crippen molar-refractivity contribution >= 4 is 27.5 Å². The van der Waals surface area contributed by atoms with E-state index in [0.717, 1.165) is 15.6 Å². The van der Waals surface area contributed by atoms with Gasteiger partial charge in [0.2, 0.25) is 0 Å². The van der Waals surface area contributed by atoms with Crippen LogP contribution in [0.1, 0.15) is 17.2 Å². The Morgan fingerprint density at radius 1 is 1.16 bits per heavy atom. The largest absolute Gasteiger partial charge is 0.394 e. The molecule has 0 aromatic heterocycles. The van der Waals surface area contributed by atoms with Gasteiger partial charge in [-0.1, -0.05) is 57.9 Å². The Kier molecular flexibility index (Phi) is 5.40. The van der Waals surface area contributed by atoms with E-state index in [1.54, 1.807) is 0 Å². The van der Waals surface area contributed by atoms with E-state index in [2.05, 4.69) is 21.2 Å². The molecule has 2 nitrogen and oxygen atoms in total. The molecule has 0 saturated heterocycles. The van der Waals surface area contributed by atoms with Crippen molar-refractivity contribution in [1.82, 2.24) is 5.32 Å². The van der Waals surface area contributed by atoms with E-state index in [1.807, 2.05) is 48.5 Å². The molecule has 0 aliphatic carbocycles. The maximum absolute atomic E-state index is 9.48. The van der Waals surface area contributed by atoms with E-state index in [0.29, 0.717) is 11.6 Å². The molecule has 0 spiro atoms. The highest BCUT2D eigenvalue weighted by molar-refractivity contribution is 9.10. The minimum absolute atomic E-state index is 0.0577. The zero-order valence-electron chi connectivity index (χ0n) is 10.3. The van der Waals surface area contributed by atoms with Crippen molar-refractivity contribution in [3.05, 3.63) is 69.2 Å². The van der Waals surface area contributed by atoms with Gasteiger partial charge in [0.05, 0.1) is 12.6 Å². The van der Waals surface area contributed by atoms with Crippen LogP contribution in [0.3, 0.4) is 0 Å². The lowest BCUT2D eigenvalue weighted by molar-refractivity contribution is 0.243. The van der Waals surface area contributed by atoms with Crippen molar-refractivity contribution in [2.45, 2.75) is 12.6 Å². The normalized spacial score (nSPS) is 12.4. The predicted molar refractivity (Wildman–Crippen MR) is 82.3 cm³/mol. The summed E-state index contributed by atoms with van der Waals surface area (Å²) in [5.41, 5.74) is 2.14. The highest BCUT2D eigenvalue weighted by atomic mass is 79.9. The van der Waals surface area contributed by atoms with Gasteiger partial charge in [0.25, 0.3) is 0 Å². The first-order valence-corrected chi connectivity index (χ1v) is 7.21. The van der Waals surface area contributed by atoms with Crippen LogP contribution in [0.5, 0.6) is 0 Å². The molecule has 0 heterocycles. The second-order valence-corrected chi connectivity index (χ2v) is 5.55. The molecule has 1 unspecified atom stereocenters. The molecule has 2 rings (SSSR count). The predicted octanol–water partition coefficient (Wildman–Crippen LogP) is 3.93. The van der Waals surface area contributed by atoms with E-state index in [1.165, 1.54) is 0 Å². The van der Waals surface area contributed by atoms with E-state index >= 15 is 0 Å². The average Bonchev–Trinajstić information content (AvgIpc) is 2.44. The van der Waals surface area contributed by atoms with Crippen LogP contribution in [0.15, 0.2) is 53.0 Å². The zero-order chi connectivity index (χ0) is 13.7. The van der Waals surface area contributed by atoms with Crippen LogP contribution in [0.25, 0.3) is 0 Å². The van der Waals surface area contributed by atoms with Gasteiger partial charge in [-0.05, 0) is 29.3 Å². The van der Waals surface area contributed by atoms with E-state index in [-0.39, 0.29) is 12.6 Å². The van der Waals surface area contributed by atoms with Gasteiger partial charge in [0.1, 0.15) is 0 Å². The lowest BCUT2D eigenvalue weighted by atomic mass is 10.1. The molecule has 0 fully saturated rings. The average molecular weight is 341 g/mol. The Bertz CT molecular complexity index is 533. The standard InChI is InChI=1S/C15H15BrClNO/c16-14-7-6-13(17)8-12(14)9-18-15(10-19)11-4-2-1-3-5-11/h1-8,15,18-19H,9-10H2. The molecule has 0 amide bonds. The van der Waals surface area contributed by atoms with Crippen molar-refractivity contribution in [1.29, 1.82) is 0 Å². The SMILES string of the molecule is OCC(NCc1cc(Cl)ccc1Br)c1ccccc1. The number of hydrogen-bond acceptors (Lipinski definition) is 2. The quantitative estimate of drug-likeness (QED) is 0.864. The Labute approximate surface area is 126 Å². The first-order valence-electron chi connectivity index (χ1n) is 6.04. The molecule has 2 aromatic carbocycles. The lowest BCUT2D eigenvalue weighted by Crippen LogP contribution is -2.24. The van der Waals surface area contributed by atoms with Gasteiger partial charge in [-0.25, -0.2) is 0 Å². The summed E-state index contributed by atoms with van der Waals surface area (Å²) in [6.45, 7) is 0.698. The number of rotatable bonds is 5. The molecule has 2 N–H and O–H groups in total. The molecular formula is C15H15BrClNO. The van der Waals surface area contributed by atoms with Crippen molar-refractivity contribution in [2.24, 2.45) is 0 Å². The summed E-state index contributed by atoms with van der Waals surface area (Å²) in [6, 6.07) is 15.5. The van der Waals surface area contributed by atoms with Gasteiger partial charge < -0.3 is 10.4 Å². The maximum atomic E-state index is 9.48. The molecule has 0 aliphatic rings. The fourth-order valence-corrected chi connectivity index (χ4v) is 2.47. The van der Waals surface area contributed by atoms with Crippen molar-refractivity contribution < 1.29 is 5.11 Å². The van der Waals surface area contributed by atoms with Gasteiger partial charge in [-0.15, -0.1) is 0 Å². The number of benzene rings is 2. The first kappa shape index (κ1) is 14.5. The van der Waals surface area contributed by atoms with Crippen LogP contribution >= 0.6 is 27.5 Å². The number of hydrogen-bond donors (Lipinski definition) is 2. The highest BCUT2D eigenvalue weighted by Gasteiger charge is 2.10. The van der Waals surface area contributed by atoms with Crippen molar-refractivity contribution in [3.8, 4) is 0 Å². The molecule has 2 aromatic rings. The van der Waals surface area contributed by atoms with Crippen LogP contribution < -0.4 is 5.32 Å². The summed E-state index contributed by atoms with van der Waals surface area (Å²) in [6.07, 6.45) is 0. The van der Waals surface area contributed by atoms with Crippen LogP contribution in [-0.2, 0) is 6.54 Å². The summed E-state index contributed by atoms with van der Waals surface area (Å²) in [4.78, 5) is 0. The molecule has 0 bridgehead atoms. The van der Waals surface area contributed by atoms with Crippen LogP contribution in [-0.4, -0.2) is 11.7 Å². The third kappa shape index (κ3) is 4.05. The molecule has 0 radical (unpaired) electrons. The van der Waals surface area contributed by atoms with Crippen molar-refractivity contribution in [2.75, 3.05) is 6.61 Å². The number of halogens is 2. The third-order valence-corrected chi connectivity index (χ3v) is 3.94. The van der Waals surface area contributed by atoms with Gasteiger partial charge >= 0.3 is 0 Å². The minimum atomic E-state index is -0.0768. The molecule has 1 atom stereocenters. The maximum Gasteiger partial charge on any atom is 0.0626 e. The second kappa shape index (κ2) is 7.06. The Balaban J connectivity index is 2.06. The summed E-state index contributed by atoms with van der Waals surface area (Å²) in [5, 5.41) is 13.5. The fraction of sp³-hybridized carbons (Fsp3) is 0.200. The summed E-state index contributed by atoms with van der Waals surface area (Å²) in [7, 11) is 0. The summed E-state index contributed by atoms with van der Waals surface area (Å²) < 4.78 is 1.01. The Morgan fingerprint density at radius 2 is 1.89 bits per heavy atom. The molecule has 0 saturated carbocycles. The van der Waals surface area contributed by atoms with Crippen LogP contribution in [0.2, 0.25) is 5.02 Å². The number of aliphatic hydroxyl groups excluding tert-OH is 1. The van der Waals surface area contributed by atoms with Gasteiger partial charge in [0, 0.05) is 16.0 Å². The molecule has 0 aliphatic heterocycles. The monoisotopic (exact) mass is 339 g/mol. The van der Waals surface area contributed by atoms with Gasteiger partial charge in [-0.3, -0.25) is 0 Å². The topological polar surface area (TPSA) is 32.3 Å². The van der Waals surface area contributed by atoms with Gasteiger partial charge in [0.15, 0.2) is 0 Å². The highest BCUT2D eigenvalue weighted by Crippen LogP contribution is 2.22. The van der Waals surface area contributed by atoms with Gasteiger partial charge in [-0.2, -0.15) is 0 Å². The van der Waals surface area contributed by atoms with E-state index < -0.39 is 0 Å². The summed E-state index contributed by atoms with van der Waals surface area (Å²) >= 11 is 9.48. The Hall–Kier alpha value is -0.870. The van der Waals surface area contributed by atoms with Crippen molar-refractivity contribution in [3.63, 3.8) is 0 Å².